The average Bonchev–Trinajstić information content (AvgIpc) is 2.29. The molecule has 1 rings (SSSR count). The van der Waals surface area contributed by atoms with Crippen LogP contribution in [-0.4, -0.2) is 21.9 Å². The maximum atomic E-state index is 11.9. The van der Waals surface area contributed by atoms with Crippen molar-refractivity contribution >= 4 is 17.4 Å². The van der Waals surface area contributed by atoms with E-state index in [2.05, 4.69) is 10.4 Å². The number of hydrogen-bond acceptors (Lipinski definition) is 3. The first kappa shape index (κ1) is 12.3. The molecular weight excluding hydrogens is 225 g/mol. The second-order valence-corrected chi connectivity index (χ2v) is 3.31. The lowest BCUT2D eigenvalue weighted by atomic mass is 10.3. The molecule has 0 fully saturated rings. The Morgan fingerprint density at radius 1 is 1.56 bits per heavy atom. The molecule has 90 valence electrons. The highest BCUT2D eigenvalue weighted by Gasteiger charge is 2.31. The minimum Gasteiger partial charge on any atom is -0.394 e. The van der Waals surface area contributed by atoms with Crippen LogP contribution >= 0.6 is 0 Å². The number of nitrogens with one attached hydrogen (secondary N) is 1. The van der Waals surface area contributed by atoms with Gasteiger partial charge in [-0.05, 0) is 6.92 Å². The number of nitrogens with zero attached hydrogens (tertiary/aromatic N) is 2. The molecular formula is C8H11F3N4O. The maximum absolute atomic E-state index is 11.9. The van der Waals surface area contributed by atoms with Crippen molar-refractivity contribution in [3.63, 3.8) is 0 Å². The molecule has 0 aliphatic rings. The normalized spacial score (nSPS) is 11.6. The van der Waals surface area contributed by atoms with Crippen LogP contribution < -0.4 is 11.1 Å². The Kier molecular flexibility index (Phi) is 3.11. The summed E-state index contributed by atoms with van der Waals surface area (Å²) in [6.45, 7) is 1.59. The predicted molar refractivity (Wildman–Crippen MR) is 51.7 cm³/mol. The third kappa shape index (κ3) is 2.88. The fraction of sp³-hybridized carbons (Fsp3) is 0.500. The summed E-state index contributed by atoms with van der Waals surface area (Å²) < 4.78 is 36.9. The minimum atomic E-state index is -4.54. The minimum absolute atomic E-state index is 0.0757. The van der Waals surface area contributed by atoms with Gasteiger partial charge in [-0.1, -0.05) is 0 Å². The zero-order chi connectivity index (χ0) is 12.5. The van der Waals surface area contributed by atoms with E-state index in [1.807, 2.05) is 0 Å². The number of carbonyl (C=O) groups is 1. The van der Waals surface area contributed by atoms with Gasteiger partial charge in [-0.15, -0.1) is 0 Å². The summed E-state index contributed by atoms with van der Waals surface area (Å²) in [6, 6.07) is 0. The number of anilines is 2. The first-order valence-corrected chi connectivity index (χ1v) is 4.36. The highest BCUT2D eigenvalue weighted by Crippen LogP contribution is 2.24. The van der Waals surface area contributed by atoms with Crippen molar-refractivity contribution in [2.75, 3.05) is 11.1 Å². The number of carbonyl (C=O) groups excluding carboxylic acids is 1. The van der Waals surface area contributed by atoms with Crippen molar-refractivity contribution in [3.05, 3.63) is 5.69 Å². The third-order valence-electron chi connectivity index (χ3n) is 1.89. The predicted octanol–water partition coefficient (Wildman–Crippen LogP) is 1.20. The summed E-state index contributed by atoms with van der Waals surface area (Å²) in [5.41, 5.74) is 6.15. The van der Waals surface area contributed by atoms with E-state index in [-0.39, 0.29) is 11.5 Å². The zero-order valence-corrected chi connectivity index (χ0v) is 8.72. The van der Waals surface area contributed by atoms with Gasteiger partial charge in [0.1, 0.15) is 6.42 Å². The Hall–Kier alpha value is -1.73. The highest BCUT2D eigenvalue weighted by molar-refractivity contribution is 5.93. The second kappa shape index (κ2) is 4.03. The van der Waals surface area contributed by atoms with Gasteiger partial charge < -0.3 is 11.1 Å². The Morgan fingerprint density at radius 3 is 2.50 bits per heavy atom. The Balaban J connectivity index is 2.78. The SMILES string of the molecule is Cc1nn(C)c(NC(=O)CC(F)(F)F)c1N. The second-order valence-electron chi connectivity index (χ2n) is 3.31. The molecule has 0 saturated carbocycles. The number of halogens is 3. The van der Waals surface area contributed by atoms with Crippen LogP contribution in [0.1, 0.15) is 12.1 Å². The molecule has 0 bridgehead atoms. The molecule has 1 amide bonds. The fourth-order valence-corrected chi connectivity index (χ4v) is 1.18. The molecule has 1 aromatic rings. The van der Waals surface area contributed by atoms with Crippen LogP contribution in [0, 0.1) is 6.92 Å². The van der Waals surface area contributed by atoms with Crippen LogP contribution in [0.4, 0.5) is 24.7 Å². The molecule has 0 spiro atoms. The van der Waals surface area contributed by atoms with Gasteiger partial charge >= 0.3 is 6.18 Å². The van der Waals surface area contributed by atoms with Gasteiger partial charge in [-0.25, -0.2) is 0 Å². The van der Waals surface area contributed by atoms with Gasteiger partial charge in [0.05, 0.1) is 11.4 Å². The van der Waals surface area contributed by atoms with Crippen molar-refractivity contribution < 1.29 is 18.0 Å². The van der Waals surface area contributed by atoms with E-state index >= 15 is 0 Å². The van der Waals surface area contributed by atoms with Crippen molar-refractivity contribution in [1.29, 1.82) is 0 Å². The lowest BCUT2D eigenvalue weighted by Crippen LogP contribution is -2.22. The van der Waals surface area contributed by atoms with Gasteiger partial charge in [-0.3, -0.25) is 9.48 Å². The topological polar surface area (TPSA) is 72.9 Å². The van der Waals surface area contributed by atoms with E-state index in [0.29, 0.717) is 5.69 Å². The molecule has 0 aliphatic heterocycles. The zero-order valence-electron chi connectivity index (χ0n) is 8.72. The van der Waals surface area contributed by atoms with Crippen molar-refractivity contribution in [1.82, 2.24) is 9.78 Å². The Bertz CT molecular complexity index is 410. The molecule has 1 aromatic heterocycles. The first-order valence-electron chi connectivity index (χ1n) is 4.36. The molecule has 0 saturated heterocycles. The maximum Gasteiger partial charge on any atom is 0.397 e. The van der Waals surface area contributed by atoms with E-state index in [9.17, 15) is 18.0 Å². The lowest BCUT2D eigenvalue weighted by Gasteiger charge is -2.08. The monoisotopic (exact) mass is 236 g/mol. The number of nitrogen functional groups attached to an aromatic ring is 1. The fourth-order valence-electron chi connectivity index (χ4n) is 1.18. The molecule has 0 radical (unpaired) electrons. The van der Waals surface area contributed by atoms with E-state index in [0.717, 1.165) is 0 Å². The van der Waals surface area contributed by atoms with E-state index < -0.39 is 18.5 Å². The molecule has 1 heterocycles. The van der Waals surface area contributed by atoms with Crippen molar-refractivity contribution in [3.8, 4) is 0 Å². The van der Waals surface area contributed by atoms with Gasteiger partial charge in [0, 0.05) is 7.05 Å². The van der Waals surface area contributed by atoms with Crippen LogP contribution in [0.3, 0.4) is 0 Å². The molecule has 3 N–H and O–H groups in total. The van der Waals surface area contributed by atoms with Crippen molar-refractivity contribution in [2.24, 2.45) is 7.05 Å². The number of hydrogen-bond donors (Lipinski definition) is 2. The summed E-state index contributed by atoms with van der Waals surface area (Å²) >= 11 is 0. The number of nitrogens with two attached hydrogens (primary N) is 1. The summed E-state index contributed by atoms with van der Waals surface area (Å²) in [5.74, 6) is -1.09. The van der Waals surface area contributed by atoms with Gasteiger partial charge in [0.25, 0.3) is 0 Å². The molecule has 8 heteroatoms. The summed E-state index contributed by atoms with van der Waals surface area (Å²) in [6.07, 6.45) is -6.08. The Morgan fingerprint density at radius 2 is 2.12 bits per heavy atom. The average molecular weight is 236 g/mol. The van der Waals surface area contributed by atoms with Crippen LogP contribution in [0.2, 0.25) is 0 Å². The molecule has 5 nitrogen and oxygen atoms in total. The van der Waals surface area contributed by atoms with Gasteiger partial charge in [0.2, 0.25) is 5.91 Å². The van der Waals surface area contributed by atoms with Crippen LogP contribution in [-0.2, 0) is 11.8 Å². The Labute approximate surface area is 89.4 Å². The van der Waals surface area contributed by atoms with E-state index in [1.54, 1.807) is 6.92 Å². The standard InChI is InChI=1S/C8H11F3N4O/c1-4-6(12)7(15(2)14-4)13-5(16)3-8(9,10)11/h3,12H2,1-2H3,(H,13,16). The largest absolute Gasteiger partial charge is 0.397 e. The van der Waals surface area contributed by atoms with E-state index in [4.69, 9.17) is 5.73 Å². The summed E-state index contributed by atoms with van der Waals surface area (Å²) in [5, 5.41) is 5.93. The third-order valence-corrected chi connectivity index (χ3v) is 1.89. The molecule has 0 aromatic carbocycles. The van der Waals surface area contributed by atoms with E-state index in [1.165, 1.54) is 11.7 Å². The smallest absolute Gasteiger partial charge is 0.394 e. The lowest BCUT2D eigenvalue weighted by molar-refractivity contribution is -0.150. The number of amides is 1. The number of rotatable bonds is 2. The first-order chi connectivity index (χ1) is 7.20. The highest BCUT2D eigenvalue weighted by atomic mass is 19.4. The van der Waals surface area contributed by atoms with Crippen LogP contribution in [0.15, 0.2) is 0 Å². The molecule has 0 unspecified atom stereocenters. The summed E-state index contributed by atoms with van der Waals surface area (Å²) in [4.78, 5) is 11.0. The number of aryl methyl sites for hydroxylation is 2. The summed E-state index contributed by atoms with van der Waals surface area (Å²) in [7, 11) is 1.48. The van der Waals surface area contributed by atoms with Crippen LogP contribution in [0.25, 0.3) is 0 Å². The van der Waals surface area contributed by atoms with Gasteiger partial charge in [-0.2, -0.15) is 18.3 Å². The number of aromatic nitrogens is 2. The van der Waals surface area contributed by atoms with Crippen molar-refractivity contribution in [2.45, 2.75) is 19.5 Å². The van der Waals surface area contributed by atoms with Gasteiger partial charge in [0.15, 0.2) is 5.82 Å². The molecule has 0 aliphatic carbocycles. The quantitative estimate of drug-likeness (QED) is 0.810. The number of alkyl halides is 3. The van der Waals surface area contributed by atoms with Crippen LogP contribution in [0.5, 0.6) is 0 Å². The molecule has 16 heavy (non-hydrogen) atoms. The molecule has 0 atom stereocenters.